The van der Waals surface area contributed by atoms with Gasteiger partial charge in [0.25, 0.3) is 0 Å². The highest BCUT2D eigenvalue weighted by atomic mass is 35.5. The molecule has 1 unspecified atom stereocenters. The summed E-state index contributed by atoms with van der Waals surface area (Å²) in [5.74, 6) is 2.37. The van der Waals surface area contributed by atoms with E-state index in [2.05, 4.69) is 6.92 Å². The van der Waals surface area contributed by atoms with Crippen LogP contribution in [-0.4, -0.2) is 17.5 Å². The van der Waals surface area contributed by atoms with Gasteiger partial charge in [0.05, 0.1) is 0 Å². The Bertz CT molecular complexity index is 260. The van der Waals surface area contributed by atoms with Crippen LogP contribution in [0.3, 0.4) is 0 Å². The average molecular weight is 231 g/mol. The van der Waals surface area contributed by atoms with Gasteiger partial charge in [-0.2, -0.15) is 11.8 Å². The summed E-state index contributed by atoms with van der Waals surface area (Å²) in [5.41, 5.74) is 1.28. The summed E-state index contributed by atoms with van der Waals surface area (Å²) in [6.07, 6.45) is 0. The Morgan fingerprint density at radius 3 is 2.57 bits per heavy atom. The third kappa shape index (κ3) is 4.36. The van der Waals surface area contributed by atoms with Gasteiger partial charge in [0.2, 0.25) is 0 Å². The monoisotopic (exact) mass is 230 g/mol. The molecule has 0 spiro atoms. The first-order chi connectivity index (χ1) is 6.72. The summed E-state index contributed by atoms with van der Waals surface area (Å²) in [7, 11) is 0. The van der Waals surface area contributed by atoms with Gasteiger partial charge >= 0.3 is 0 Å². The van der Waals surface area contributed by atoms with E-state index in [9.17, 15) is 0 Å². The first kappa shape index (κ1) is 11.9. The molecule has 14 heavy (non-hydrogen) atoms. The van der Waals surface area contributed by atoms with Crippen molar-refractivity contribution < 1.29 is 5.11 Å². The fourth-order valence-electron chi connectivity index (χ4n) is 1.01. The second kappa shape index (κ2) is 6.33. The number of rotatable bonds is 5. The molecule has 0 aliphatic heterocycles. The predicted molar refractivity (Wildman–Crippen MR) is 63.9 cm³/mol. The summed E-state index contributed by atoms with van der Waals surface area (Å²) in [5, 5.41) is 9.62. The van der Waals surface area contributed by atoms with E-state index in [-0.39, 0.29) is 6.61 Å². The molecule has 78 valence electrons. The molecule has 1 aromatic carbocycles. The number of benzene rings is 1. The van der Waals surface area contributed by atoms with Crippen LogP contribution in [0.5, 0.6) is 0 Å². The molecular formula is C11H15ClOS. The zero-order valence-corrected chi connectivity index (χ0v) is 9.81. The Labute approximate surface area is 94.5 Å². The van der Waals surface area contributed by atoms with Gasteiger partial charge in [-0.1, -0.05) is 30.7 Å². The molecule has 1 nitrogen and oxygen atoms in total. The summed E-state index contributed by atoms with van der Waals surface area (Å²) in [6, 6.07) is 7.90. The van der Waals surface area contributed by atoms with Crippen molar-refractivity contribution in [3.05, 3.63) is 34.9 Å². The van der Waals surface area contributed by atoms with Crippen molar-refractivity contribution in [1.82, 2.24) is 0 Å². The van der Waals surface area contributed by atoms with Crippen molar-refractivity contribution in [1.29, 1.82) is 0 Å². The van der Waals surface area contributed by atoms with Crippen molar-refractivity contribution in [3.8, 4) is 0 Å². The third-order valence-corrected chi connectivity index (χ3v) is 3.49. The van der Waals surface area contributed by atoms with E-state index in [0.717, 1.165) is 16.5 Å². The molecular weight excluding hydrogens is 216 g/mol. The van der Waals surface area contributed by atoms with Gasteiger partial charge in [-0.25, -0.2) is 0 Å². The van der Waals surface area contributed by atoms with Crippen LogP contribution < -0.4 is 0 Å². The number of halogens is 1. The SMILES string of the molecule is CC(CO)CSCc1ccc(Cl)cc1. The Balaban J connectivity index is 2.28. The highest BCUT2D eigenvalue weighted by Crippen LogP contribution is 2.17. The summed E-state index contributed by atoms with van der Waals surface area (Å²) in [6.45, 7) is 2.32. The van der Waals surface area contributed by atoms with E-state index in [1.54, 1.807) is 0 Å². The molecule has 0 bridgehead atoms. The zero-order valence-electron chi connectivity index (χ0n) is 8.24. The number of aliphatic hydroxyl groups excluding tert-OH is 1. The standard InChI is InChI=1S/C11H15ClOS/c1-9(6-13)7-14-8-10-2-4-11(12)5-3-10/h2-5,9,13H,6-8H2,1H3. The first-order valence-electron chi connectivity index (χ1n) is 4.65. The van der Waals surface area contributed by atoms with Crippen LogP contribution in [0.25, 0.3) is 0 Å². The molecule has 0 fully saturated rings. The highest BCUT2D eigenvalue weighted by Gasteiger charge is 2.00. The number of thioether (sulfide) groups is 1. The molecule has 0 radical (unpaired) electrons. The second-order valence-electron chi connectivity index (χ2n) is 3.43. The fraction of sp³-hybridized carbons (Fsp3) is 0.455. The van der Waals surface area contributed by atoms with Crippen molar-refractivity contribution in [2.24, 2.45) is 5.92 Å². The maximum Gasteiger partial charge on any atom is 0.0464 e. The molecule has 1 N–H and O–H groups in total. The number of hydrogen-bond donors (Lipinski definition) is 1. The largest absolute Gasteiger partial charge is 0.396 e. The summed E-state index contributed by atoms with van der Waals surface area (Å²) < 4.78 is 0. The number of aliphatic hydroxyl groups is 1. The molecule has 0 amide bonds. The van der Waals surface area contributed by atoms with Crippen LogP contribution >= 0.6 is 23.4 Å². The van der Waals surface area contributed by atoms with E-state index >= 15 is 0 Å². The lowest BCUT2D eigenvalue weighted by molar-refractivity contribution is 0.250. The van der Waals surface area contributed by atoms with E-state index in [0.29, 0.717) is 5.92 Å². The normalized spacial score (nSPS) is 12.8. The molecule has 1 aromatic rings. The lowest BCUT2D eigenvalue weighted by atomic mass is 10.2. The first-order valence-corrected chi connectivity index (χ1v) is 6.18. The van der Waals surface area contributed by atoms with E-state index < -0.39 is 0 Å². The maximum atomic E-state index is 8.84. The Kier molecular flexibility index (Phi) is 5.38. The minimum atomic E-state index is 0.271. The van der Waals surface area contributed by atoms with Crippen LogP contribution in [0.15, 0.2) is 24.3 Å². The van der Waals surface area contributed by atoms with E-state index in [1.165, 1.54) is 5.56 Å². The van der Waals surface area contributed by atoms with Crippen LogP contribution in [0.4, 0.5) is 0 Å². The van der Waals surface area contributed by atoms with Gasteiger partial charge in [-0.3, -0.25) is 0 Å². The topological polar surface area (TPSA) is 20.2 Å². The van der Waals surface area contributed by atoms with Gasteiger partial charge in [-0.15, -0.1) is 0 Å². The predicted octanol–water partition coefficient (Wildman–Crippen LogP) is 3.20. The Hall–Kier alpha value is -0.180. The summed E-state index contributed by atoms with van der Waals surface area (Å²) in [4.78, 5) is 0. The number of hydrogen-bond acceptors (Lipinski definition) is 2. The summed E-state index contributed by atoms with van der Waals surface area (Å²) >= 11 is 7.62. The van der Waals surface area contributed by atoms with E-state index in [4.69, 9.17) is 16.7 Å². The van der Waals surface area contributed by atoms with Crippen LogP contribution in [0.2, 0.25) is 5.02 Å². The Morgan fingerprint density at radius 1 is 1.36 bits per heavy atom. The third-order valence-electron chi connectivity index (χ3n) is 1.90. The highest BCUT2D eigenvalue weighted by molar-refractivity contribution is 7.98. The van der Waals surface area contributed by atoms with Crippen molar-refractivity contribution in [3.63, 3.8) is 0 Å². The molecule has 0 saturated carbocycles. The lowest BCUT2D eigenvalue weighted by Gasteiger charge is -2.06. The average Bonchev–Trinajstić information content (AvgIpc) is 2.21. The van der Waals surface area contributed by atoms with Gasteiger partial charge in [0.1, 0.15) is 0 Å². The minimum Gasteiger partial charge on any atom is -0.396 e. The quantitative estimate of drug-likeness (QED) is 0.839. The fourth-order valence-corrected chi connectivity index (χ4v) is 2.19. The van der Waals surface area contributed by atoms with Crippen molar-refractivity contribution in [2.45, 2.75) is 12.7 Å². The van der Waals surface area contributed by atoms with Crippen molar-refractivity contribution >= 4 is 23.4 Å². The van der Waals surface area contributed by atoms with Crippen LogP contribution in [0.1, 0.15) is 12.5 Å². The molecule has 1 atom stereocenters. The smallest absolute Gasteiger partial charge is 0.0464 e. The molecule has 0 aliphatic rings. The minimum absolute atomic E-state index is 0.271. The van der Waals surface area contributed by atoms with Crippen LogP contribution in [-0.2, 0) is 5.75 Å². The molecule has 0 aromatic heterocycles. The second-order valence-corrected chi connectivity index (χ2v) is 4.90. The molecule has 0 saturated heterocycles. The van der Waals surface area contributed by atoms with Gasteiger partial charge in [0.15, 0.2) is 0 Å². The maximum absolute atomic E-state index is 8.84. The van der Waals surface area contributed by atoms with Gasteiger partial charge in [0, 0.05) is 17.4 Å². The van der Waals surface area contributed by atoms with Crippen molar-refractivity contribution in [2.75, 3.05) is 12.4 Å². The zero-order chi connectivity index (χ0) is 10.4. The van der Waals surface area contributed by atoms with Gasteiger partial charge in [-0.05, 0) is 29.4 Å². The molecule has 1 rings (SSSR count). The van der Waals surface area contributed by atoms with Crippen LogP contribution in [0, 0.1) is 5.92 Å². The Morgan fingerprint density at radius 2 is 2.00 bits per heavy atom. The molecule has 0 heterocycles. The van der Waals surface area contributed by atoms with E-state index in [1.807, 2.05) is 36.0 Å². The van der Waals surface area contributed by atoms with Gasteiger partial charge < -0.3 is 5.11 Å². The lowest BCUT2D eigenvalue weighted by Crippen LogP contribution is -2.03. The molecule has 3 heteroatoms. The molecule has 0 aliphatic carbocycles.